The monoisotopic (exact) mass is 230 g/mol. The molecule has 0 spiro atoms. The second kappa shape index (κ2) is 9.97. The Balaban J connectivity index is 2.92. The maximum atomic E-state index is 2.47. The molecule has 0 fully saturated rings. The smallest absolute Gasteiger partial charge is 0.0305 e. The van der Waals surface area contributed by atoms with Crippen molar-refractivity contribution in [2.75, 3.05) is 0 Å². The minimum absolute atomic E-state index is 0.243. The Bertz CT molecular complexity index is 96.9. The predicted molar refractivity (Wildman–Crippen MR) is 75.1 cm³/mol. The lowest BCUT2D eigenvalue weighted by Crippen LogP contribution is -1.98. The summed E-state index contributed by atoms with van der Waals surface area (Å²) in [5.41, 5.74) is 0. The topological polar surface area (TPSA) is 0 Å². The zero-order valence-corrected chi connectivity index (χ0v) is 13.1. The van der Waals surface area contributed by atoms with Gasteiger partial charge in [-0.25, -0.2) is 0 Å². The van der Waals surface area contributed by atoms with E-state index in [1.165, 1.54) is 38.5 Å². The SMILES string of the molecule is C[SiH](C)CCCCCCCC[SiH](C)C. The number of rotatable bonds is 9. The average Bonchev–Trinajstić information content (AvgIpc) is 2.08. The van der Waals surface area contributed by atoms with E-state index in [2.05, 4.69) is 26.2 Å². The molecule has 0 aromatic heterocycles. The fourth-order valence-electron chi connectivity index (χ4n) is 1.81. The molecule has 0 unspecified atom stereocenters. The van der Waals surface area contributed by atoms with Gasteiger partial charge in [-0.15, -0.1) is 0 Å². The highest BCUT2D eigenvalue weighted by Gasteiger charge is 1.97. The summed E-state index contributed by atoms with van der Waals surface area (Å²) < 4.78 is 0. The van der Waals surface area contributed by atoms with Gasteiger partial charge < -0.3 is 0 Å². The quantitative estimate of drug-likeness (QED) is 0.409. The molecule has 0 atom stereocenters. The fraction of sp³-hybridized carbons (Fsp3) is 1.00. The minimum atomic E-state index is -0.243. The summed E-state index contributed by atoms with van der Waals surface area (Å²) in [6.07, 6.45) is 9.04. The molecule has 0 saturated heterocycles. The molecule has 0 aliphatic rings. The third kappa shape index (κ3) is 12.4. The van der Waals surface area contributed by atoms with Crippen molar-refractivity contribution in [2.45, 2.75) is 76.8 Å². The number of unbranched alkanes of at least 4 members (excludes halogenated alkanes) is 5. The summed E-state index contributed by atoms with van der Waals surface area (Å²) in [5.74, 6) is 0. The molecule has 86 valence electrons. The van der Waals surface area contributed by atoms with Crippen LogP contribution in [0.2, 0.25) is 38.3 Å². The average molecular weight is 231 g/mol. The number of hydrogen-bond acceptors (Lipinski definition) is 0. The van der Waals surface area contributed by atoms with E-state index >= 15 is 0 Å². The molecule has 0 aliphatic heterocycles. The molecule has 0 nitrogen and oxygen atoms in total. The molecular weight excluding hydrogens is 200 g/mol. The van der Waals surface area contributed by atoms with Gasteiger partial charge in [-0.3, -0.25) is 0 Å². The first-order chi connectivity index (χ1) is 6.63. The lowest BCUT2D eigenvalue weighted by molar-refractivity contribution is 0.622. The Morgan fingerprint density at radius 3 is 1.07 bits per heavy atom. The van der Waals surface area contributed by atoms with Gasteiger partial charge in [-0.05, 0) is 0 Å². The van der Waals surface area contributed by atoms with Crippen LogP contribution in [0.3, 0.4) is 0 Å². The predicted octanol–water partition coefficient (Wildman–Crippen LogP) is 4.30. The van der Waals surface area contributed by atoms with Gasteiger partial charge in [0.15, 0.2) is 0 Å². The second-order valence-corrected chi connectivity index (χ2v) is 12.2. The van der Waals surface area contributed by atoms with Crippen LogP contribution in [0.1, 0.15) is 38.5 Å². The maximum absolute atomic E-state index is 2.47. The lowest BCUT2D eigenvalue weighted by Gasteiger charge is -2.04. The summed E-state index contributed by atoms with van der Waals surface area (Å²) >= 11 is 0. The Morgan fingerprint density at radius 1 is 0.500 bits per heavy atom. The largest absolute Gasteiger partial charge is 0.0722 e. The van der Waals surface area contributed by atoms with Crippen molar-refractivity contribution in [2.24, 2.45) is 0 Å². The fourth-order valence-corrected chi connectivity index (χ4v) is 4.02. The van der Waals surface area contributed by atoms with Crippen LogP contribution in [0.5, 0.6) is 0 Å². The highest BCUT2D eigenvalue weighted by atomic mass is 28.3. The van der Waals surface area contributed by atoms with Crippen molar-refractivity contribution in [3.8, 4) is 0 Å². The lowest BCUT2D eigenvalue weighted by atomic mass is 10.1. The van der Waals surface area contributed by atoms with E-state index in [0.29, 0.717) is 0 Å². The van der Waals surface area contributed by atoms with E-state index < -0.39 is 0 Å². The van der Waals surface area contributed by atoms with Crippen LogP contribution in [0.15, 0.2) is 0 Å². The summed E-state index contributed by atoms with van der Waals surface area (Å²) in [5, 5.41) is 0. The van der Waals surface area contributed by atoms with Gasteiger partial charge in [-0.1, -0.05) is 76.8 Å². The van der Waals surface area contributed by atoms with Gasteiger partial charge in [0.2, 0.25) is 0 Å². The van der Waals surface area contributed by atoms with E-state index in [9.17, 15) is 0 Å². The van der Waals surface area contributed by atoms with E-state index in [0.717, 1.165) is 0 Å². The Morgan fingerprint density at radius 2 is 0.786 bits per heavy atom. The molecule has 0 N–H and O–H groups in total. The molecule has 0 saturated carbocycles. The van der Waals surface area contributed by atoms with Gasteiger partial charge in [0, 0.05) is 17.6 Å². The molecule has 0 aromatic rings. The summed E-state index contributed by atoms with van der Waals surface area (Å²) in [6.45, 7) is 9.86. The molecule has 0 radical (unpaired) electrons. The molecule has 0 aromatic carbocycles. The summed E-state index contributed by atoms with van der Waals surface area (Å²) in [6, 6.07) is 3.14. The van der Waals surface area contributed by atoms with Crippen molar-refractivity contribution >= 4 is 17.6 Å². The van der Waals surface area contributed by atoms with Gasteiger partial charge in [-0.2, -0.15) is 0 Å². The van der Waals surface area contributed by atoms with Crippen LogP contribution in [0.25, 0.3) is 0 Å². The van der Waals surface area contributed by atoms with Gasteiger partial charge in [0.1, 0.15) is 0 Å². The number of hydrogen-bond donors (Lipinski definition) is 0. The zero-order chi connectivity index (χ0) is 10.8. The Hall–Kier alpha value is 0.434. The van der Waals surface area contributed by atoms with Crippen molar-refractivity contribution in [3.05, 3.63) is 0 Å². The highest BCUT2D eigenvalue weighted by Crippen LogP contribution is 2.11. The van der Waals surface area contributed by atoms with Crippen LogP contribution < -0.4 is 0 Å². The third-order valence-electron chi connectivity index (χ3n) is 2.81. The summed E-state index contributed by atoms with van der Waals surface area (Å²) in [7, 11) is -0.487. The molecular formula is C12H30Si2. The van der Waals surface area contributed by atoms with Crippen molar-refractivity contribution in [1.82, 2.24) is 0 Å². The first-order valence-corrected chi connectivity index (χ1v) is 12.9. The van der Waals surface area contributed by atoms with Crippen molar-refractivity contribution < 1.29 is 0 Å². The van der Waals surface area contributed by atoms with Gasteiger partial charge >= 0.3 is 0 Å². The van der Waals surface area contributed by atoms with E-state index in [1.807, 2.05) is 0 Å². The van der Waals surface area contributed by atoms with Crippen molar-refractivity contribution in [3.63, 3.8) is 0 Å². The first kappa shape index (κ1) is 14.4. The van der Waals surface area contributed by atoms with Crippen molar-refractivity contribution in [1.29, 1.82) is 0 Å². The maximum Gasteiger partial charge on any atom is 0.0305 e. The molecule has 0 rings (SSSR count). The third-order valence-corrected chi connectivity index (χ3v) is 5.94. The van der Waals surface area contributed by atoms with Crippen LogP contribution in [0.4, 0.5) is 0 Å². The summed E-state index contributed by atoms with van der Waals surface area (Å²) in [4.78, 5) is 0. The van der Waals surface area contributed by atoms with E-state index in [4.69, 9.17) is 0 Å². The highest BCUT2D eigenvalue weighted by molar-refractivity contribution is 6.55. The van der Waals surface area contributed by atoms with Gasteiger partial charge in [0.25, 0.3) is 0 Å². The molecule has 0 aliphatic carbocycles. The van der Waals surface area contributed by atoms with Gasteiger partial charge in [0.05, 0.1) is 0 Å². The van der Waals surface area contributed by atoms with Crippen LogP contribution in [-0.2, 0) is 0 Å². The molecule has 14 heavy (non-hydrogen) atoms. The minimum Gasteiger partial charge on any atom is -0.0722 e. The van der Waals surface area contributed by atoms with Crippen LogP contribution in [0, 0.1) is 0 Å². The second-order valence-electron chi connectivity index (χ2n) is 5.49. The molecule has 2 heteroatoms. The molecule has 0 heterocycles. The Kier molecular flexibility index (Phi) is 10.3. The van der Waals surface area contributed by atoms with Crippen LogP contribution in [-0.4, -0.2) is 17.6 Å². The molecule has 0 amide bonds. The first-order valence-electron chi connectivity index (χ1n) is 6.63. The normalized spacial score (nSPS) is 11.6. The van der Waals surface area contributed by atoms with E-state index in [1.54, 1.807) is 12.1 Å². The zero-order valence-electron chi connectivity index (χ0n) is 10.8. The van der Waals surface area contributed by atoms with Crippen LogP contribution >= 0.6 is 0 Å². The standard InChI is InChI=1S/C12H30Si2/c1-13(2)11-9-7-5-6-8-10-12-14(3)4/h13-14H,5-12H2,1-4H3. The Labute approximate surface area is 94.7 Å². The molecule has 0 bridgehead atoms. The van der Waals surface area contributed by atoms with E-state index in [-0.39, 0.29) is 17.6 Å².